The number of hydrogen-bond acceptors (Lipinski definition) is 3. The number of hydrogen-bond donors (Lipinski definition) is 0. The summed E-state index contributed by atoms with van der Waals surface area (Å²) < 4.78 is 0. The summed E-state index contributed by atoms with van der Waals surface area (Å²) in [6.45, 7) is 6.43. The van der Waals surface area contributed by atoms with E-state index in [0.29, 0.717) is 0 Å². The highest BCUT2D eigenvalue weighted by atomic mass is 32.1. The Morgan fingerprint density at radius 2 is 1.70 bits per heavy atom. The Labute approximate surface area is 123 Å². The van der Waals surface area contributed by atoms with Crippen molar-refractivity contribution in [2.24, 2.45) is 0 Å². The zero-order chi connectivity index (χ0) is 14.1. The van der Waals surface area contributed by atoms with E-state index in [-0.39, 0.29) is 0 Å². The Bertz CT molecular complexity index is 745. The van der Waals surface area contributed by atoms with Crippen LogP contribution in [0, 0.1) is 20.8 Å². The minimum absolute atomic E-state index is 0.935. The van der Waals surface area contributed by atoms with Gasteiger partial charge in [0.05, 0.1) is 11.4 Å². The first-order valence-corrected chi connectivity index (χ1v) is 7.48. The zero-order valence-electron chi connectivity index (χ0n) is 11.8. The van der Waals surface area contributed by atoms with Crippen LogP contribution >= 0.6 is 11.3 Å². The van der Waals surface area contributed by atoms with Crippen LogP contribution in [0.25, 0.3) is 22.0 Å². The average molecular weight is 280 g/mol. The molecular weight excluding hydrogens is 264 g/mol. The van der Waals surface area contributed by atoms with Gasteiger partial charge in [0.2, 0.25) is 0 Å². The van der Waals surface area contributed by atoms with Crippen LogP contribution in [0.3, 0.4) is 0 Å². The third-order valence-corrected chi connectivity index (χ3v) is 4.37. The van der Waals surface area contributed by atoms with E-state index in [1.54, 1.807) is 17.5 Å². The normalized spacial score (nSPS) is 10.8. The molecule has 0 N–H and O–H groups in total. The highest BCUT2D eigenvalue weighted by molar-refractivity contribution is 7.13. The van der Waals surface area contributed by atoms with Crippen LogP contribution in [0.4, 0.5) is 0 Å². The van der Waals surface area contributed by atoms with Crippen LogP contribution in [-0.2, 0) is 0 Å². The molecule has 2 nitrogen and oxygen atoms in total. The van der Waals surface area contributed by atoms with E-state index in [9.17, 15) is 0 Å². The van der Waals surface area contributed by atoms with Gasteiger partial charge in [-0.15, -0.1) is 11.3 Å². The lowest BCUT2D eigenvalue weighted by Gasteiger charge is -2.07. The van der Waals surface area contributed by atoms with Gasteiger partial charge < -0.3 is 0 Å². The van der Waals surface area contributed by atoms with E-state index >= 15 is 0 Å². The lowest BCUT2D eigenvalue weighted by atomic mass is 9.99. The summed E-state index contributed by atoms with van der Waals surface area (Å²) in [6, 6.07) is 10.4. The molecule has 0 aliphatic heterocycles. The zero-order valence-corrected chi connectivity index (χ0v) is 12.7. The fraction of sp³-hybridized carbons (Fsp3) is 0.176. The average Bonchev–Trinajstić information content (AvgIpc) is 2.93. The van der Waals surface area contributed by atoms with E-state index in [0.717, 1.165) is 16.4 Å². The smallest absolute Gasteiger partial charge is 0.142 e. The van der Waals surface area contributed by atoms with Crippen LogP contribution in [0.2, 0.25) is 0 Å². The van der Waals surface area contributed by atoms with Gasteiger partial charge in [-0.1, -0.05) is 12.1 Å². The molecule has 3 aromatic rings. The summed E-state index contributed by atoms with van der Waals surface area (Å²) in [5.74, 6) is 0. The molecule has 0 fully saturated rings. The maximum Gasteiger partial charge on any atom is 0.142 e. The number of thiazole rings is 1. The van der Waals surface area contributed by atoms with Gasteiger partial charge in [-0.2, -0.15) is 0 Å². The largest absolute Gasteiger partial charge is 0.254 e. The molecule has 0 bridgehead atoms. The van der Waals surface area contributed by atoms with Crippen molar-refractivity contribution >= 4 is 11.3 Å². The molecule has 0 radical (unpaired) electrons. The van der Waals surface area contributed by atoms with E-state index in [1.165, 1.54) is 22.3 Å². The van der Waals surface area contributed by atoms with Crippen molar-refractivity contribution in [3.8, 4) is 22.0 Å². The minimum Gasteiger partial charge on any atom is -0.254 e. The minimum atomic E-state index is 0.935. The standard InChI is InChI=1S/C17H16N2S/c1-11-8-13(3)14(9-12(11)2)16-10-20-17(19-16)15-6-4-5-7-18-15/h4-10H,1-3H3. The highest BCUT2D eigenvalue weighted by Crippen LogP contribution is 2.30. The maximum atomic E-state index is 4.74. The molecule has 0 aliphatic rings. The molecule has 1 aromatic carbocycles. The third kappa shape index (κ3) is 2.37. The molecule has 0 saturated heterocycles. The molecule has 20 heavy (non-hydrogen) atoms. The number of aryl methyl sites for hydroxylation is 3. The molecule has 0 amide bonds. The van der Waals surface area contributed by atoms with Gasteiger partial charge in [0, 0.05) is 17.1 Å². The Morgan fingerprint density at radius 1 is 0.900 bits per heavy atom. The quantitative estimate of drug-likeness (QED) is 0.674. The number of aromatic nitrogens is 2. The van der Waals surface area contributed by atoms with Crippen LogP contribution in [0.15, 0.2) is 41.9 Å². The molecule has 0 aliphatic carbocycles. The molecule has 3 heteroatoms. The van der Waals surface area contributed by atoms with Crippen molar-refractivity contribution in [2.75, 3.05) is 0 Å². The fourth-order valence-electron chi connectivity index (χ4n) is 2.24. The van der Waals surface area contributed by atoms with Gasteiger partial charge in [-0.05, 0) is 55.7 Å². The van der Waals surface area contributed by atoms with Gasteiger partial charge >= 0.3 is 0 Å². The summed E-state index contributed by atoms with van der Waals surface area (Å²) in [7, 11) is 0. The predicted octanol–water partition coefficient (Wildman–Crippen LogP) is 4.80. The van der Waals surface area contributed by atoms with E-state index in [2.05, 4.69) is 43.3 Å². The molecule has 0 atom stereocenters. The Morgan fingerprint density at radius 3 is 2.45 bits per heavy atom. The number of pyridine rings is 1. The number of benzene rings is 1. The Hall–Kier alpha value is -2.00. The molecule has 2 aromatic heterocycles. The van der Waals surface area contributed by atoms with Gasteiger partial charge in [0.1, 0.15) is 5.01 Å². The topological polar surface area (TPSA) is 25.8 Å². The Kier molecular flexibility index (Phi) is 3.36. The van der Waals surface area contributed by atoms with Crippen molar-refractivity contribution in [1.82, 2.24) is 9.97 Å². The lowest BCUT2D eigenvalue weighted by molar-refractivity contribution is 1.27. The second-order valence-electron chi connectivity index (χ2n) is 5.00. The summed E-state index contributed by atoms with van der Waals surface area (Å²) >= 11 is 1.64. The third-order valence-electron chi connectivity index (χ3n) is 3.50. The van der Waals surface area contributed by atoms with Crippen molar-refractivity contribution in [2.45, 2.75) is 20.8 Å². The van der Waals surface area contributed by atoms with Crippen molar-refractivity contribution in [3.63, 3.8) is 0 Å². The second kappa shape index (κ2) is 5.17. The van der Waals surface area contributed by atoms with Crippen LogP contribution in [0.5, 0.6) is 0 Å². The van der Waals surface area contributed by atoms with Gasteiger partial charge in [0.15, 0.2) is 0 Å². The fourth-order valence-corrected chi connectivity index (χ4v) is 3.04. The Balaban J connectivity index is 2.05. The number of nitrogens with zero attached hydrogens (tertiary/aromatic N) is 2. The van der Waals surface area contributed by atoms with Gasteiger partial charge in [-0.3, -0.25) is 4.98 Å². The molecule has 0 spiro atoms. The van der Waals surface area contributed by atoms with E-state index in [4.69, 9.17) is 4.98 Å². The summed E-state index contributed by atoms with van der Waals surface area (Å²) in [5, 5.41) is 3.08. The van der Waals surface area contributed by atoms with Crippen LogP contribution in [0.1, 0.15) is 16.7 Å². The van der Waals surface area contributed by atoms with Crippen LogP contribution < -0.4 is 0 Å². The first kappa shape index (κ1) is 13.0. The first-order valence-electron chi connectivity index (χ1n) is 6.60. The summed E-state index contributed by atoms with van der Waals surface area (Å²) in [4.78, 5) is 9.10. The maximum absolute atomic E-state index is 4.74. The van der Waals surface area contributed by atoms with Crippen molar-refractivity contribution in [3.05, 3.63) is 58.6 Å². The van der Waals surface area contributed by atoms with E-state index in [1.807, 2.05) is 18.2 Å². The van der Waals surface area contributed by atoms with Crippen LogP contribution in [-0.4, -0.2) is 9.97 Å². The number of rotatable bonds is 2. The van der Waals surface area contributed by atoms with Gasteiger partial charge in [-0.25, -0.2) is 4.98 Å². The summed E-state index contributed by atoms with van der Waals surface area (Å²) in [6.07, 6.45) is 1.80. The molecule has 0 saturated carbocycles. The summed E-state index contributed by atoms with van der Waals surface area (Å²) in [5.41, 5.74) is 7.09. The van der Waals surface area contributed by atoms with Gasteiger partial charge in [0.25, 0.3) is 0 Å². The first-order chi connectivity index (χ1) is 9.65. The van der Waals surface area contributed by atoms with Crippen molar-refractivity contribution in [1.29, 1.82) is 0 Å². The second-order valence-corrected chi connectivity index (χ2v) is 5.86. The molecule has 100 valence electrons. The molecule has 2 heterocycles. The predicted molar refractivity (Wildman–Crippen MR) is 85.0 cm³/mol. The van der Waals surface area contributed by atoms with E-state index < -0.39 is 0 Å². The van der Waals surface area contributed by atoms with Crippen molar-refractivity contribution < 1.29 is 0 Å². The SMILES string of the molecule is Cc1cc(C)c(-c2csc(-c3ccccn3)n2)cc1C. The molecule has 0 unspecified atom stereocenters. The lowest BCUT2D eigenvalue weighted by Crippen LogP contribution is -1.89. The molecule has 3 rings (SSSR count). The monoisotopic (exact) mass is 280 g/mol. The highest BCUT2D eigenvalue weighted by Gasteiger charge is 2.10. The molecular formula is C17H16N2S.